The van der Waals surface area contributed by atoms with E-state index in [1.165, 1.54) is 44.1 Å². The van der Waals surface area contributed by atoms with Gasteiger partial charge in [0, 0.05) is 18.8 Å². The van der Waals surface area contributed by atoms with Gasteiger partial charge in [-0.3, -0.25) is 9.59 Å². The number of carbonyl (C=O) groups is 3. The van der Waals surface area contributed by atoms with Crippen molar-refractivity contribution < 1.29 is 33.3 Å². The highest BCUT2D eigenvalue weighted by Gasteiger charge is 2.19. The molecule has 0 aliphatic rings. The van der Waals surface area contributed by atoms with Crippen molar-refractivity contribution in [2.75, 3.05) is 27.4 Å². The first-order valence-corrected chi connectivity index (χ1v) is 9.19. The van der Waals surface area contributed by atoms with Gasteiger partial charge in [0.1, 0.15) is 17.1 Å². The Morgan fingerprint density at radius 3 is 2.29 bits per heavy atom. The minimum Gasteiger partial charge on any atom is -0.482 e. The number of ether oxygens (including phenoxy) is 4. The Morgan fingerprint density at radius 2 is 1.65 bits per heavy atom. The zero-order valence-corrected chi connectivity index (χ0v) is 17.7. The highest BCUT2D eigenvalue weighted by Crippen LogP contribution is 2.19. The fourth-order valence-corrected chi connectivity index (χ4v) is 2.49. The number of aromatic nitrogens is 1. The second kappa shape index (κ2) is 10.8. The lowest BCUT2D eigenvalue weighted by atomic mass is 10.1. The van der Waals surface area contributed by atoms with Crippen LogP contribution in [-0.4, -0.2) is 49.7 Å². The Hall–Kier alpha value is -3.88. The Morgan fingerprint density at radius 1 is 1.00 bits per heavy atom. The number of benzene rings is 1. The van der Waals surface area contributed by atoms with E-state index >= 15 is 0 Å². The summed E-state index contributed by atoms with van der Waals surface area (Å²) in [6.45, 7) is 0.992. The lowest BCUT2D eigenvalue weighted by Crippen LogP contribution is -2.27. The molecule has 9 heteroatoms. The Kier molecular flexibility index (Phi) is 8.13. The average molecular weight is 429 g/mol. The van der Waals surface area contributed by atoms with Crippen LogP contribution < -0.4 is 15.0 Å². The van der Waals surface area contributed by atoms with E-state index in [1.54, 1.807) is 31.2 Å². The smallest absolute Gasteiger partial charge is 0.343 e. The summed E-state index contributed by atoms with van der Waals surface area (Å²) in [5.74, 6) is -1.35. The average Bonchev–Trinajstić information content (AvgIpc) is 2.77. The van der Waals surface area contributed by atoms with Gasteiger partial charge >= 0.3 is 11.9 Å². The van der Waals surface area contributed by atoms with Gasteiger partial charge in [-0.15, -0.1) is 0 Å². The minimum atomic E-state index is -0.643. The van der Waals surface area contributed by atoms with Gasteiger partial charge < -0.3 is 23.5 Å². The SMILES string of the molecule is COC(=O)COc1cccc(/C=C/C(=O)c2c(OCC(=O)OC)cc(C)n(C)c2=O)c1. The van der Waals surface area contributed by atoms with Gasteiger partial charge in [0.2, 0.25) is 0 Å². The predicted molar refractivity (Wildman–Crippen MR) is 111 cm³/mol. The maximum atomic E-state index is 12.8. The molecule has 0 saturated heterocycles. The van der Waals surface area contributed by atoms with E-state index in [1.807, 2.05) is 0 Å². The highest BCUT2D eigenvalue weighted by atomic mass is 16.6. The Balaban J connectivity index is 2.27. The molecule has 0 saturated carbocycles. The topological polar surface area (TPSA) is 110 Å². The van der Waals surface area contributed by atoms with Gasteiger partial charge in [-0.2, -0.15) is 0 Å². The zero-order valence-electron chi connectivity index (χ0n) is 17.7. The number of hydrogen-bond donors (Lipinski definition) is 0. The second-order valence-electron chi connectivity index (χ2n) is 6.39. The van der Waals surface area contributed by atoms with Crippen LogP contribution in [0.25, 0.3) is 6.08 Å². The molecule has 0 spiro atoms. The molecular formula is C22H23NO8. The van der Waals surface area contributed by atoms with Crippen LogP contribution in [0.4, 0.5) is 0 Å². The van der Waals surface area contributed by atoms with Crippen LogP contribution in [0.5, 0.6) is 11.5 Å². The molecule has 0 amide bonds. The number of aryl methyl sites for hydroxylation is 1. The lowest BCUT2D eigenvalue weighted by Gasteiger charge is -2.12. The molecule has 0 atom stereocenters. The van der Waals surface area contributed by atoms with E-state index in [2.05, 4.69) is 9.47 Å². The lowest BCUT2D eigenvalue weighted by molar-refractivity contribution is -0.143. The number of esters is 2. The van der Waals surface area contributed by atoms with Crippen molar-refractivity contribution >= 4 is 23.8 Å². The first-order chi connectivity index (χ1) is 14.8. The number of ketones is 1. The molecule has 164 valence electrons. The second-order valence-corrected chi connectivity index (χ2v) is 6.39. The molecule has 2 aromatic rings. The standard InChI is InChI=1S/C22H23NO8/c1-14-10-18(31-13-20(26)29-4)21(22(27)23(14)2)17(24)9-8-15-6-5-7-16(11-15)30-12-19(25)28-3/h5-11H,12-13H2,1-4H3/b9-8+. The van der Waals surface area contributed by atoms with Crippen molar-refractivity contribution in [3.05, 3.63) is 63.6 Å². The molecule has 0 aliphatic heterocycles. The largest absolute Gasteiger partial charge is 0.482 e. The third kappa shape index (κ3) is 6.30. The molecule has 0 aliphatic carbocycles. The Labute approximate surface area is 178 Å². The summed E-state index contributed by atoms with van der Waals surface area (Å²) in [5.41, 5.74) is 0.411. The van der Waals surface area contributed by atoms with E-state index in [0.717, 1.165) is 0 Å². The van der Waals surface area contributed by atoms with E-state index in [9.17, 15) is 19.2 Å². The van der Waals surface area contributed by atoms with Crippen LogP contribution in [0.2, 0.25) is 0 Å². The molecule has 31 heavy (non-hydrogen) atoms. The van der Waals surface area contributed by atoms with E-state index in [4.69, 9.17) is 9.47 Å². The van der Waals surface area contributed by atoms with Gasteiger partial charge in [0.25, 0.3) is 5.56 Å². The number of hydrogen-bond acceptors (Lipinski definition) is 8. The third-order valence-electron chi connectivity index (χ3n) is 4.32. The summed E-state index contributed by atoms with van der Waals surface area (Å²) in [6, 6.07) is 8.18. The molecule has 0 N–H and O–H groups in total. The van der Waals surface area contributed by atoms with Crippen LogP contribution in [0.15, 0.2) is 41.2 Å². The number of methoxy groups -OCH3 is 2. The molecule has 0 radical (unpaired) electrons. The maximum absolute atomic E-state index is 12.8. The molecule has 1 heterocycles. The fraction of sp³-hybridized carbons (Fsp3) is 0.273. The van der Waals surface area contributed by atoms with Crippen LogP contribution in [0.3, 0.4) is 0 Å². The zero-order chi connectivity index (χ0) is 23.0. The molecule has 0 fully saturated rings. The molecule has 2 rings (SSSR count). The summed E-state index contributed by atoms with van der Waals surface area (Å²) in [7, 11) is 4.00. The summed E-state index contributed by atoms with van der Waals surface area (Å²) in [5, 5.41) is 0. The molecule has 9 nitrogen and oxygen atoms in total. The van der Waals surface area contributed by atoms with Crippen molar-refractivity contribution in [2.45, 2.75) is 6.92 Å². The first kappa shape index (κ1) is 23.4. The molecular weight excluding hydrogens is 406 g/mol. The monoisotopic (exact) mass is 429 g/mol. The van der Waals surface area contributed by atoms with Crippen LogP contribution in [0.1, 0.15) is 21.6 Å². The van der Waals surface area contributed by atoms with Crippen LogP contribution >= 0.6 is 0 Å². The van der Waals surface area contributed by atoms with E-state index < -0.39 is 29.9 Å². The molecule has 0 bridgehead atoms. The van der Waals surface area contributed by atoms with E-state index in [0.29, 0.717) is 17.0 Å². The van der Waals surface area contributed by atoms with Crippen molar-refractivity contribution in [2.24, 2.45) is 7.05 Å². The number of nitrogens with zero attached hydrogens (tertiary/aromatic N) is 1. The van der Waals surface area contributed by atoms with Crippen molar-refractivity contribution in [3.63, 3.8) is 0 Å². The van der Waals surface area contributed by atoms with Gasteiger partial charge in [-0.05, 0) is 30.7 Å². The highest BCUT2D eigenvalue weighted by molar-refractivity contribution is 6.08. The number of allylic oxidation sites excluding steroid dienone is 1. The van der Waals surface area contributed by atoms with Gasteiger partial charge in [-0.1, -0.05) is 18.2 Å². The van der Waals surface area contributed by atoms with Gasteiger partial charge in [0.15, 0.2) is 19.0 Å². The maximum Gasteiger partial charge on any atom is 0.343 e. The van der Waals surface area contributed by atoms with Crippen molar-refractivity contribution in [1.82, 2.24) is 4.57 Å². The normalized spacial score (nSPS) is 10.6. The molecule has 0 unspecified atom stereocenters. The van der Waals surface area contributed by atoms with Gasteiger partial charge in [-0.25, -0.2) is 9.59 Å². The molecule has 1 aromatic heterocycles. The predicted octanol–water partition coefficient (Wildman–Crippen LogP) is 1.69. The summed E-state index contributed by atoms with van der Waals surface area (Å²) in [6.07, 6.45) is 2.72. The summed E-state index contributed by atoms with van der Waals surface area (Å²) >= 11 is 0. The summed E-state index contributed by atoms with van der Waals surface area (Å²) < 4.78 is 21.0. The number of pyridine rings is 1. The summed E-state index contributed by atoms with van der Waals surface area (Å²) in [4.78, 5) is 48.0. The van der Waals surface area contributed by atoms with Crippen molar-refractivity contribution in [1.29, 1.82) is 0 Å². The van der Waals surface area contributed by atoms with Gasteiger partial charge in [0.05, 0.1) is 14.2 Å². The first-order valence-electron chi connectivity index (χ1n) is 9.19. The number of carbonyl (C=O) groups excluding carboxylic acids is 3. The fourth-order valence-electron chi connectivity index (χ4n) is 2.49. The van der Waals surface area contributed by atoms with Crippen LogP contribution in [0, 0.1) is 6.92 Å². The van der Waals surface area contributed by atoms with Crippen molar-refractivity contribution in [3.8, 4) is 11.5 Å². The van der Waals surface area contributed by atoms with Crippen LogP contribution in [-0.2, 0) is 26.1 Å². The Bertz CT molecular complexity index is 1070. The molecule has 1 aromatic carbocycles. The third-order valence-corrected chi connectivity index (χ3v) is 4.32. The quantitative estimate of drug-likeness (QED) is 0.337. The number of rotatable bonds is 9. The minimum absolute atomic E-state index is 0.00388. The van der Waals surface area contributed by atoms with E-state index in [-0.39, 0.29) is 17.9 Å².